The van der Waals surface area contributed by atoms with E-state index in [0.717, 1.165) is 19.4 Å². The van der Waals surface area contributed by atoms with Crippen molar-refractivity contribution in [3.05, 3.63) is 39.4 Å². The van der Waals surface area contributed by atoms with Crippen LogP contribution < -0.4 is 10.7 Å². The molecule has 1 aromatic rings. The van der Waals surface area contributed by atoms with Gasteiger partial charge in [0.25, 0.3) is 5.69 Å². The minimum Gasteiger partial charge on any atom is -0.361 e. The molecule has 0 spiro atoms. The summed E-state index contributed by atoms with van der Waals surface area (Å²) in [7, 11) is 0. The Bertz CT molecular complexity index is 558. The van der Waals surface area contributed by atoms with Crippen LogP contribution in [0, 0.1) is 17.0 Å². The maximum atomic E-state index is 10.9. The maximum Gasteiger partial charge on any atom is 0.272 e. The van der Waals surface area contributed by atoms with Crippen LogP contribution in [0.2, 0.25) is 0 Å². The van der Waals surface area contributed by atoms with Gasteiger partial charge in [0.15, 0.2) is 5.11 Å². The highest BCUT2D eigenvalue weighted by molar-refractivity contribution is 7.80. The first-order chi connectivity index (χ1) is 9.95. The maximum absolute atomic E-state index is 10.9. The second-order valence-electron chi connectivity index (χ2n) is 4.68. The van der Waals surface area contributed by atoms with Gasteiger partial charge in [0.2, 0.25) is 0 Å². The molecule has 0 fully saturated rings. The van der Waals surface area contributed by atoms with Gasteiger partial charge in [-0.2, -0.15) is 5.10 Å². The highest BCUT2D eigenvalue weighted by Gasteiger charge is 2.12. The molecule has 6 nitrogen and oxygen atoms in total. The van der Waals surface area contributed by atoms with Gasteiger partial charge in [-0.3, -0.25) is 15.5 Å². The lowest BCUT2D eigenvalue weighted by Gasteiger charge is -2.07. The van der Waals surface area contributed by atoms with Crippen molar-refractivity contribution in [2.75, 3.05) is 6.54 Å². The fourth-order valence-electron chi connectivity index (χ4n) is 1.65. The first-order valence-electron chi connectivity index (χ1n) is 6.79. The minimum atomic E-state index is -0.392. The molecule has 0 atom stereocenters. The van der Waals surface area contributed by atoms with E-state index in [1.807, 2.05) is 0 Å². The third-order valence-corrected chi connectivity index (χ3v) is 3.20. The van der Waals surface area contributed by atoms with Crippen molar-refractivity contribution in [3.8, 4) is 0 Å². The lowest BCUT2D eigenvalue weighted by Crippen LogP contribution is -2.33. The van der Waals surface area contributed by atoms with Gasteiger partial charge < -0.3 is 5.32 Å². The normalized spacial score (nSPS) is 11.1. The van der Waals surface area contributed by atoms with Crippen LogP contribution >= 0.6 is 12.2 Å². The summed E-state index contributed by atoms with van der Waals surface area (Å²) in [5, 5.41) is 18.6. The van der Waals surface area contributed by atoms with Crippen LogP contribution in [0.15, 0.2) is 23.3 Å². The largest absolute Gasteiger partial charge is 0.361 e. The topological polar surface area (TPSA) is 79.6 Å². The summed E-state index contributed by atoms with van der Waals surface area (Å²) in [6.07, 6.45) is 2.12. The molecule has 0 aliphatic rings. The average Bonchev–Trinajstić information content (AvgIpc) is 2.45. The minimum absolute atomic E-state index is 0.0886. The Morgan fingerprint density at radius 2 is 2.19 bits per heavy atom. The molecule has 7 heteroatoms. The number of hydrogen-bond donors (Lipinski definition) is 2. The molecule has 0 saturated carbocycles. The number of rotatable bonds is 6. The Morgan fingerprint density at radius 1 is 1.48 bits per heavy atom. The van der Waals surface area contributed by atoms with Gasteiger partial charge in [-0.25, -0.2) is 0 Å². The third kappa shape index (κ3) is 5.47. The summed E-state index contributed by atoms with van der Waals surface area (Å²) in [6, 6.07) is 5.03. The molecular formula is C14H20N4O2S. The standard InChI is InChI=1S/C14H20N4O2S/c1-4-5-8-15-14(21)17-16-11(3)12-7-6-10(2)13(9-12)18(19)20/h6-7,9H,4-5,8H2,1-3H3,(H2,15,17,21). The number of unbranched alkanes of at least 4 members (excludes halogenated alkanes) is 1. The van der Waals surface area contributed by atoms with Crippen LogP contribution in [-0.2, 0) is 0 Å². The van der Waals surface area contributed by atoms with Gasteiger partial charge in [-0.15, -0.1) is 0 Å². The van der Waals surface area contributed by atoms with Crippen LogP contribution in [-0.4, -0.2) is 22.3 Å². The van der Waals surface area contributed by atoms with E-state index in [2.05, 4.69) is 22.8 Å². The Labute approximate surface area is 129 Å². The Kier molecular flexibility index (Phi) is 6.74. The molecule has 0 amide bonds. The number of hydrazone groups is 1. The van der Waals surface area contributed by atoms with E-state index in [0.29, 0.717) is 22.0 Å². The number of nitrogens with zero attached hydrogens (tertiary/aromatic N) is 2. The summed E-state index contributed by atoms with van der Waals surface area (Å²) < 4.78 is 0. The number of benzene rings is 1. The molecule has 1 aromatic carbocycles. The first kappa shape index (κ1) is 17.0. The molecule has 0 unspecified atom stereocenters. The summed E-state index contributed by atoms with van der Waals surface area (Å²) >= 11 is 5.09. The van der Waals surface area contributed by atoms with Gasteiger partial charge in [-0.1, -0.05) is 25.5 Å². The van der Waals surface area contributed by atoms with Crippen molar-refractivity contribution < 1.29 is 4.92 Å². The van der Waals surface area contributed by atoms with E-state index >= 15 is 0 Å². The van der Waals surface area contributed by atoms with Gasteiger partial charge in [0.1, 0.15) is 0 Å². The molecule has 1 rings (SSSR count). The predicted molar refractivity (Wildman–Crippen MR) is 88.7 cm³/mol. The zero-order valence-electron chi connectivity index (χ0n) is 12.5. The van der Waals surface area contributed by atoms with Crippen molar-refractivity contribution in [2.24, 2.45) is 5.10 Å². The Balaban J connectivity index is 2.72. The molecule has 0 aromatic heterocycles. The lowest BCUT2D eigenvalue weighted by molar-refractivity contribution is -0.385. The smallest absolute Gasteiger partial charge is 0.272 e. The summed E-state index contributed by atoms with van der Waals surface area (Å²) in [4.78, 5) is 10.5. The Morgan fingerprint density at radius 3 is 2.81 bits per heavy atom. The predicted octanol–water partition coefficient (Wildman–Crippen LogP) is 2.89. The van der Waals surface area contributed by atoms with Crippen LogP contribution in [0.3, 0.4) is 0 Å². The summed E-state index contributed by atoms with van der Waals surface area (Å²) in [5.41, 5.74) is 4.78. The number of aryl methyl sites for hydroxylation is 1. The van der Waals surface area contributed by atoms with Crippen molar-refractivity contribution in [2.45, 2.75) is 33.6 Å². The molecule has 0 saturated heterocycles. The van der Waals surface area contributed by atoms with Crippen LogP contribution in [0.1, 0.15) is 37.8 Å². The molecule has 0 radical (unpaired) electrons. The summed E-state index contributed by atoms with van der Waals surface area (Å²) in [5.74, 6) is 0. The van der Waals surface area contributed by atoms with E-state index in [-0.39, 0.29) is 5.69 Å². The van der Waals surface area contributed by atoms with Crippen LogP contribution in [0.5, 0.6) is 0 Å². The molecule has 2 N–H and O–H groups in total. The quantitative estimate of drug-likeness (QED) is 0.278. The van der Waals surface area contributed by atoms with E-state index in [1.165, 1.54) is 6.07 Å². The molecule has 114 valence electrons. The average molecular weight is 308 g/mol. The summed E-state index contributed by atoms with van der Waals surface area (Å²) in [6.45, 7) is 6.38. The van der Waals surface area contributed by atoms with Gasteiger partial charge in [0.05, 0.1) is 10.6 Å². The highest BCUT2D eigenvalue weighted by atomic mass is 32.1. The molecule has 0 aliphatic heterocycles. The van der Waals surface area contributed by atoms with Crippen molar-refractivity contribution >= 4 is 28.7 Å². The van der Waals surface area contributed by atoms with E-state index in [4.69, 9.17) is 12.2 Å². The van der Waals surface area contributed by atoms with E-state index in [9.17, 15) is 10.1 Å². The van der Waals surface area contributed by atoms with Gasteiger partial charge >= 0.3 is 0 Å². The van der Waals surface area contributed by atoms with Crippen molar-refractivity contribution in [1.29, 1.82) is 0 Å². The SMILES string of the molecule is CCCCNC(=S)NN=C(C)c1ccc(C)c([N+](=O)[O-])c1. The van der Waals surface area contributed by atoms with Crippen LogP contribution in [0.25, 0.3) is 0 Å². The molecule has 0 heterocycles. The fourth-order valence-corrected chi connectivity index (χ4v) is 1.80. The van der Waals surface area contributed by atoms with Crippen molar-refractivity contribution in [3.63, 3.8) is 0 Å². The first-order valence-corrected chi connectivity index (χ1v) is 7.20. The van der Waals surface area contributed by atoms with Crippen LogP contribution in [0.4, 0.5) is 5.69 Å². The monoisotopic (exact) mass is 308 g/mol. The van der Waals surface area contributed by atoms with E-state index < -0.39 is 4.92 Å². The van der Waals surface area contributed by atoms with Gasteiger partial charge in [0, 0.05) is 23.7 Å². The highest BCUT2D eigenvalue weighted by Crippen LogP contribution is 2.19. The number of hydrogen-bond acceptors (Lipinski definition) is 4. The number of nitro benzene ring substituents is 1. The second kappa shape index (κ2) is 8.31. The number of thiocarbonyl (C=S) groups is 1. The van der Waals surface area contributed by atoms with Gasteiger partial charge in [-0.05, 0) is 32.5 Å². The van der Waals surface area contributed by atoms with Crippen molar-refractivity contribution in [1.82, 2.24) is 10.7 Å². The number of nitrogens with one attached hydrogen (secondary N) is 2. The molecular weight excluding hydrogens is 288 g/mol. The number of nitro groups is 1. The lowest BCUT2D eigenvalue weighted by atomic mass is 10.1. The second-order valence-corrected chi connectivity index (χ2v) is 5.09. The molecule has 21 heavy (non-hydrogen) atoms. The third-order valence-electron chi connectivity index (χ3n) is 2.96. The molecule has 0 aliphatic carbocycles. The zero-order valence-corrected chi connectivity index (χ0v) is 13.3. The Hall–Kier alpha value is -2.02. The molecule has 0 bridgehead atoms. The van der Waals surface area contributed by atoms with E-state index in [1.54, 1.807) is 26.0 Å². The fraction of sp³-hybridized carbons (Fsp3) is 0.429. The zero-order chi connectivity index (χ0) is 15.8.